The number of hydrogen-bond acceptors (Lipinski definition) is 3. The van der Waals surface area contributed by atoms with Crippen LogP contribution in [0, 0.1) is 13.0 Å². The molecule has 0 saturated heterocycles. The third-order valence-corrected chi connectivity index (χ3v) is 13.0. The zero-order valence-electron chi connectivity index (χ0n) is 43.1. The summed E-state index contributed by atoms with van der Waals surface area (Å²) in [5, 5.41) is 12.2. The van der Waals surface area contributed by atoms with Gasteiger partial charge in [-0.2, -0.15) is 0 Å². The third kappa shape index (κ3) is 9.54. The summed E-state index contributed by atoms with van der Waals surface area (Å²) in [6.45, 7) is 22.8. The number of rotatable bonds is 9. The standard InChI is InChI=1S/C63H62N3O.Pt/c1-39(2)46-30-47(40(3)4)32-48(31-46)44-25-26-57(54(36-44)43-21-16-13-17-22-43)66-58-24-18-23-53(59(58)65-61(66)55-38-51(62(6,7)8)29-41(5)60(55)67)49-33-50(35-52(34-49)63(9,10)11)56-37-45(27-28-64-56)42-19-14-12-15-20-42;/h12-32,34-40,67H,1-11H3;/q-1;/i39D,40D;. The maximum Gasteiger partial charge on any atom is 0.148 e. The van der Waals surface area contributed by atoms with Crippen molar-refractivity contribution in [3.05, 3.63) is 192 Å². The number of imidazole rings is 1. The van der Waals surface area contributed by atoms with E-state index in [2.05, 4.69) is 186 Å². The fourth-order valence-corrected chi connectivity index (χ4v) is 8.93. The first-order valence-electron chi connectivity index (χ1n) is 24.4. The van der Waals surface area contributed by atoms with Crippen molar-refractivity contribution in [2.75, 3.05) is 0 Å². The molecule has 0 amide bonds. The van der Waals surface area contributed by atoms with Gasteiger partial charge in [-0.15, -0.1) is 29.3 Å². The molecule has 2 aromatic heterocycles. The van der Waals surface area contributed by atoms with Gasteiger partial charge in [-0.1, -0.05) is 190 Å². The molecule has 0 bridgehead atoms. The minimum atomic E-state index is -0.866. The molecule has 5 heteroatoms. The van der Waals surface area contributed by atoms with Gasteiger partial charge >= 0.3 is 0 Å². The van der Waals surface area contributed by atoms with Gasteiger partial charge < -0.3 is 5.11 Å². The van der Waals surface area contributed by atoms with Crippen LogP contribution in [0.4, 0.5) is 0 Å². The molecule has 7 aromatic carbocycles. The number of phenols is 1. The van der Waals surface area contributed by atoms with Crippen molar-refractivity contribution >= 4 is 11.0 Å². The van der Waals surface area contributed by atoms with Gasteiger partial charge in [-0.25, -0.2) is 4.98 Å². The Kier molecular flexibility index (Phi) is 12.7. The van der Waals surface area contributed by atoms with Gasteiger partial charge in [-0.05, 0) is 110 Å². The molecule has 0 fully saturated rings. The number of aryl methyl sites for hydroxylation is 1. The minimum Gasteiger partial charge on any atom is -0.507 e. The van der Waals surface area contributed by atoms with E-state index in [0.29, 0.717) is 11.4 Å². The van der Waals surface area contributed by atoms with Crippen molar-refractivity contribution in [2.24, 2.45) is 0 Å². The van der Waals surface area contributed by atoms with Crippen molar-refractivity contribution in [3.8, 4) is 78.6 Å². The van der Waals surface area contributed by atoms with Crippen molar-refractivity contribution in [1.29, 1.82) is 0 Å². The van der Waals surface area contributed by atoms with Gasteiger partial charge in [0.2, 0.25) is 0 Å². The number of para-hydroxylation sites is 1. The maximum absolute atomic E-state index is 12.2. The average Bonchev–Trinajstić information content (AvgIpc) is 3.71. The van der Waals surface area contributed by atoms with Crippen LogP contribution in [0.15, 0.2) is 158 Å². The molecule has 2 heterocycles. The number of aromatic hydroxyl groups is 1. The molecule has 0 aliphatic rings. The van der Waals surface area contributed by atoms with Gasteiger partial charge in [0, 0.05) is 41.3 Å². The Morgan fingerprint density at radius 2 is 1.16 bits per heavy atom. The Bertz CT molecular complexity index is 3350. The Morgan fingerprint density at radius 3 is 1.79 bits per heavy atom. The molecular weight excluding hydrogens is 1010 g/mol. The summed E-state index contributed by atoms with van der Waals surface area (Å²) in [7, 11) is 0. The smallest absolute Gasteiger partial charge is 0.148 e. The van der Waals surface area contributed by atoms with Crippen LogP contribution >= 0.6 is 0 Å². The molecule has 1 N–H and O–H groups in total. The van der Waals surface area contributed by atoms with Gasteiger partial charge in [0.25, 0.3) is 0 Å². The number of pyridine rings is 1. The van der Waals surface area contributed by atoms with E-state index in [0.717, 1.165) is 100 Å². The van der Waals surface area contributed by atoms with Crippen LogP contribution in [0.2, 0.25) is 0 Å². The molecule has 0 atom stereocenters. The Balaban J connectivity index is 0.00000659. The van der Waals surface area contributed by atoms with E-state index in [-0.39, 0.29) is 37.6 Å². The number of hydrogen-bond donors (Lipinski definition) is 1. The van der Waals surface area contributed by atoms with E-state index in [1.54, 1.807) is 0 Å². The Labute approximate surface area is 421 Å². The molecular formula is C63H62N3OPt-. The molecule has 0 radical (unpaired) electrons. The van der Waals surface area contributed by atoms with Crippen molar-refractivity contribution < 1.29 is 28.9 Å². The minimum absolute atomic E-state index is 0. The van der Waals surface area contributed by atoms with Crippen molar-refractivity contribution in [2.45, 2.75) is 98.8 Å². The van der Waals surface area contributed by atoms with Gasteiger partial charge in [-0.3, -0.25) is 9.55 Å². The first-order chi connectivity index (χ1) is 32.5. The number of aromatic nitrogens is 3. The van der Waals surface area contributed by atoms with Crippen LogP contribution in [-0.2, 0) is 31.9 Å². The normalized spacial score (nSPS) is 12.7. The molecule has 4 nitrogen and oxygen atoms in total. The van der Waals surface area contributed by atoms with Gasteiger partial charge in [0.05, 0.1) is 22.3 Å². The van der Waals surface area contributed by atoms with Crippen LogP contribution in [0.1, 0.15) is 112 Å². The molecule has 0 spiro atoms. The summed E-state index contributed by atoms with van der Waals surface area (Å²) in [6, 6.07) is 56.5. The fourth-order valence-electron chi connectivity index (χ4n) is 8.93. The average molecular weight is 1070 g/mol. The molecule has 0 unspecified atom stereocenters. The Hall–Kier alpha value is -6.35. The molecule has 0 saturated carbocycles. The van der Waals surface area contributed by atoms with E-state index < -0.39 is 11.8 Å². The van der Waals surface area contributed by atoms with E-state index in [4.69, 9.17) is 12.7 Å². The second kappa shape index (κ2) is 19.0. The fraction of sp³-hybridized carbons (Fsp3) is 0.238. The molecule has 9 rings (SSSR count). The molecule has 9 aromatic rings. The molecule has 346 valence electrons. The topological polar surface area (TPSA) is 50.9 Å². The first kappa shape index (κ1) is 45.4. The number of benzene rings is 7. The van der Waals surface area contributed by atoms with Gasteiger partial charge in [0.15, 0.2) is 0 Å². The van der Waals surface area contributed by atoms with E-state index >= 15 is 0 Å². The monoisotopic (exact) mass is 1070 g/mol. The van der Waals surface area contributed by atoms with Crippen LogP contribution in [0.25, 0.3) is 83.9 Å². The predicted molar refractivity (Wildman–Crippen MR) is 282 cm³/mol. The van der Waals surface area contributed by atoms with Gasteiger partial charge in [0.1, 0.15) is 11.6 Å². The zero-order valence-corrected chi connectivity index (χ0v) is 43.4. The summed E-state index contributed by atoms with van der Waals surface area (Å²) < 4.78 is 20.3. The van der Waals surface area contributed by atoms with E-state index in [9.17, 15) is 5.11 Å². The second-order valence-corrected chi connectivity index (χ2v) is 20.5. The number of fused-ring (bicyclic) bond motifs is 1. The van der Waals surface area contributed by atoms with E-state index in [1.165, 1.54) is 0 Å². The quantitative estimate of drug-likeness (QED) is 0.147. The summed E-state index contributed by atoms with van der Waals surface area (Å²) in [5.41, 5.74) is 17.2. The predicted octanol–water partition coefficient (Wildman–Crippen LogP) is 17.1. The summed E-state index contributed by atoms with van der Waals surface area (Å²) in [5.74, 6) is -0.924. The van der Waals surface area contributed by atoms with Crippen molar-refractivity contribution in [3.63, 3.8) is 0 Å². The van der Waals surface area contributed by atoms with Crippen LogP contribution in [0.5, 0.6) is 5.75 Å². The molecule has 68 heavy (non-hydrogen) atoms. The van der Waals surface area contributed by atoms with Crippen molar-refractivity contribution in [1.82, 2.24) is 14.5 Å². The van der Waals surface area contributed by atoms with Crippen LogP contribution in [-0.4, -0.2) is 19.6 Å². The molecule has 0 aliphatic heterocycles. The third-order valence-electron chi connectivity index (χ3n) is 13.0. The number of nitrogens with zero attached hydrogens (tertiary/aromatic N) is 3. The zero-order chi connectivity index (χ0) is 49.2. The number of phenolic OH excluding ortho intramolecular Hbond substituents is 1. The van der Waals surface area contributed by atoms with E-state index in [1.807, 2.05) is 59.0 Å². The second-order valence-electron chi connectivity index (χ2n) is 20.5. The van der Waals surface area contributed by atoms with Crippen LogP contribution in [0.3, 0.4) is 0 Å². The summed E-state index contributed by atoms with van der Waals surface area (Å²) >= 11 is 0. The summed E-state index contributed by atoms with van der Waals surface area (Å²) in [6.07, 6.45) is 1.88. The molecule has 0 aliphatic carbocycles. The first-order valence-corrected chi connectivity index (χ1v) is 23.4. The van der Waals surface area contributed by atoms with Crippen LogP contribution < -0.4 is 0 Å². The Morgan fingerprint density at radius 1 is 0.559 bits per heavy atom. The largest absolute Gasteiger partial charge is 0.507 e. The SMILES string of the molecule is [2H]C(C)(C)c1cc(-c2ccc(-n3c(-c4cc(C(C)(C)C)cc(C)c4O)nc4c(-c5[c-]c(-c6cc(-c7ccccc7)ccn6)cc(C(C)(C)C)c5)cccc43)c(-c3ccccc3)c2)cc(C([2H])(C)C)c1.[Pt]. The summed E-state index contributed by atoms with van der Waals surface area (Å²) in [4.78, 5) is 10.5. The maximum atomic E-state index is 12.2.